The molecular formula is C11H14N2O3. The maximum atomic E-state index is 11.9. The molecule has 0 aromatic carbocycles. The minimum absolute atomic E-state index is 0.0906. The molecule has 0 aliphatic carbocycles. The molecule has 0 radical (unpaired) electrons. The van der Waals surface area contributed by atoms with E-state index in [0.29, 0.717) is 18.7 Å². The Hall–Kier alpha value is -1.62. The van der Waals surface area contributed by atoms with Crippen molar-refractivity contribution in [3.63, 3.8) is 0 Å². The van der Waals surface area contributed by atoms with E-state index in [1.165, 1.54) is 18.3 Å². The summed E-state index contributed by atoms with van der Waals surface area (Å²) in [5.41, 5.74) is 0.268. The Bertz CT molecular complexity index is 421. The maximum absolute atomic E-state index is 11.9. The van der Waals surface area contributed by atoms with Crippen molar-refractivity contribution in [2.75, 3.05) is 19.7 Å². The number of amides is 1. The molecule has 5 nitrogen and oxygen atoms in total. The monoisotopic (exact) mass is 222 g/mol. The van der Waals surface area contributed by atoms with Gasteiger partial charge in [-0.1, -0.05) is 0 Å². The van der Waals surface area contributed by atoms with Gasteiger partial charge < -0.3 is 15.0 Å². The van der Waals surface area contributed by atoms with Crippen molar-refractivity contribution in [2.24, 2.45) is 5.92 Å². The number of pyridine rings is 1. The number of hydrogen-bond donors (Lipinski definition) is 2. The van der Waals surface area contributed by atoms with Crippen LogP contribution in [0.25, 0.3) is 0 Å². The molecule has 1 fully saturated rings. The lowest BCUT2D eigenvalue weighted by Crippen LogP contribution is -2.29. The van der Waals surface area contributed by atoms with E-state index in [0.717, 1.165) is 6.42 Å². The molecule has 1 aromatic rings. The van der Waals surface area contributed by atoms with E-state index < -0.39 is 0 Å². The third-order valence-corrected chi connectivity index (χ3v) is 2.86. The first-order valence-electron chi connectivity index (χ1n) is 5.29. The molecule has 0 saturated carbocycles. The van der Waals surface area contributed by atoms with Crippen molar-refractivity contribution in [1.29, 1.82) is 0 Å². The zero-order valence-electron chi connectivity index (χ0n) is 8.85. The number of aliphatic hydroxyl groups excluding tert-OH is 1. The van der Waals surface area contributed by atoms with Crippen LogP contribution in [0.4, 0.5) is 0 Å². The molecule has 2 N–H and O–H groups in total. The second kappa shape index (κ2) is 4.49. The molecule has 1 amide bonds. The lowest BCUT2D eigenvalue weighted by atomic mass is 10.1. The Labute approximate surface area is 92.7 Å². The van der Waals surface area contributed by atoms with Crippen molar-refractivity contribution in [3.05, 3.63) is 34.2 Å². The van der Waals surface area contributed by atoms with E-state index >= 15 is 0 Å². The fourth-order valence-electron chi connectivity index (χ4n) is 1.89. The smallest absolute Gasteiger partial charge is 0.255 e. The number of likely N-dealkylation sites (tertiary alicyclic amines) is 1. The van der Waals surface area contributed by atoms with Gasteiger partial charge in [-0.2, -0.15) is 0 Å². The number of nitrogens with zero attached hydrogens (tertiary/aromatic N) is 1. The second-order valence-corrected chi connectivity index (χ2v) is 4.03. The van der Waals surface area contributed by atoms with Gasteiger partial charge >= 0.3 is 0 Å². The summed E-state index contributed by atoms with van der Waals surface area (Å²) in [4.78, 5) is 27.0. The summed E-state index contributed by atoms with van der Waals surface area (Å²) in [7, 11) is 0. The highest BCUT2D eigenvalue weighted by Crippen LogP contribution is 2.17. The fraction of sp³-hybridized carbons (Fsp3) is 0.455. The number of rotatable bonds is 2. The number of aromatic nitrogens is 1. The Balaban J connectivity index is 2.08. The van der Waals surface area contributed by atoms with Gasteiger partial charge in [-0.15, -0.1) is 0 Å². The SMILES string of the molecule is O=C(c1ccc(=O)[nH]c1)N1CCC(CO)C1. The van der Waals surface area contributed by atoms with Crippen LogP contribution < -0.4 is 5.56 Å². The van der Waals surface area contributed by atoms with E-state index in [1.54, 1.807) is 4.90 Å². The molecule has 2 heterocycles. The lowest BCUT2D eigenvalue weighted by molar-refractivity contribution is 0.0781. The predicted octanol–water partition coefficient (Wildman–Crippen LogP) is -0.171. The number of aliphatic hydroxyl groups is 1. The molecule has 1 unspecified atom stereocenters. The average Bonchev–Trinajstić information content (AvgIpc) is 2.77. The molecule has 5 heteroatoms. The molecule has 1 saturated heterocycles. The number of nitrogens with one attached hydrogen (secondary N) is 1. The van der Waals surface area contributed by atoms with Gasteiger partial charge in [0.2, 0.25) is 5.56 Å². The van der Waals surface area contributed by atoms with Crippen LogP contribution in [0.3, 0.4) is 0 Å². The highest BCUT2D eigenvalue weighted by molar-refractivity contribution is 5.94. The molecule has 0 bridgehead atoms. The van der Waals surface area contributed by atoms with E-state index in [2.05, 4.69) is 4.98 Å². The number of hydrogen-bond acceptors (Lipinski definition) is 3. The Morgan fingerprint density at radius 1 is 1.56 bits per heavy atom. The minimum atomic E-state index is -0.216. The van der Waals surface area contributed by atoms with Crippen LogP contribution in [-0.4, -0.2) is 40.6 Å². The summed E-state index contributed by atoms with van der Waals surface area (Å²) in [6.07, 6.45) is 2.27. The van der Waals surface area contributed by atoms with Gasteiger partial charge in [-0.3, -0.25) is 9.59 Å². The van der Waals surface area contributed by atoms with Crippen LogP contribution >= 0.6 is 0 Å². The van der Waals surface area contributed by atoms with Crippen molar-refractivity contribution in [1.82, 2.24) is 9.88 Å². The zero-order chi connectivity index (χ0) is 11.5. The number of aromatic amines is 1. The van der Waals surface area contributed by atoms with Crippen LogP contribution in [-0.2, 0) is 0 Å². The molecule has 1 aliphatic rings. The number of carbonyl (C=O) groups is 1. The van der Waals surface area contributed by atoms with Crippen LogP contribution in [0.2, 0.25) is 0 Å². The van der Waals surface area contributed by atoms with Crippen LogP contribution in [0.15, 0.2) is 23.1 Å². The van der Waals surface area contributed by atoms with Crippen LogP contribution in [0, 0.1) is 5.92 Å². The van der Waals surface area contributed by atoms with Crippen molar-refractivity contribution in [3.8, 4) is 0 Å². The average molecular weight is 222 g/mol. The summed E-state index contributed by atoms with van der Waals surface area (Å²) in [5.74, 6) is 0.0962. The van der Waals surface area contributed by atoms with Crippen LogP contribution in [0.5, 0.6) is 0 Å². The first-order chi connectivity index (χ1) is 7.70. The summed E-state index contributed by atoms with van der Waals surface area (Å²) in [6, 6.07) is 2.86. The molecule has 1 aromatic heterocycles. The number of H-pyrrole nitrogens is 1. The summed E-state index contributed by atoms with van der Waals surface area (Å²) >= 11 is 0. The van der Waals surface area contributed by atoms with E-state index in [-0.39, 0.29) is 24.0 Å². The van der Waals surface area contributed by atoms with Crippen molar-refractivity contribution in [2.45, 2.75) is 6.42 Å². The van der Waals surface area contributed by atoms with E-state index in [4.69, 9.17) is 5.11 Å². The van der Waals surface area contributed by atoms with Crippen molar-refractivity contribution >= 4 is 5.91 Å². The molecule has 2 rings (SSSR count). The first-order valence-corrected chi connectivity index (χ1v) is 5.29. The third-order valence-electron chi connectivity index (χ3n) is 2.86. The Morgan fingerprint density at radius 3 is 2.94 bits per heavy atom. The summed E-state index contributed by atoms with van der Waals surface area (Å²) < 4.78 is 0. The van der Waals surface area contributed by atoms with Gasteiger partial charge in [0.05, 0.1) is 5.56 Å². The summed E-state index contributed by atoms with van der Waals surface area (Å²) in [5, 5.41) is 8.99. The van der Waals surface area contributed by atoms with Crippen molar-refractivity contribution < 1.29 is 9.90 Å². The highest BCUT2D eigenvalue weighted by Gasteiger charge is 2.26. The largest absolute Gasteiger partial charge is 0.396 e. The van der Waals surface area contributed by atoms with Gasteiger partial charge in [0, 0.05) is 37.9 Å². The molecule has 86 valence electrons. The topological polar surface area (TPSA) is 73.4 Å². The molecule has 1 aliphatic heterocycles. The van der Waals surface area contributed by atoms with Gasteiger partial charge in [0.1, 0.15) is 0 Å². The summed E-state index contributed by atoms with van der Waals surface area (Å²) in [6.45, 7) is 1.38. The molecule has 1 atom stereocenters. The van der Waals surface area contributed by atoms with E-state index in [1.807, 2.05) is 0 Å². The normalized spacial score (nSPS) is 20.1. The van der Waals surface area contributed by atoms with Gasteiger partial charge in [-0.25, -0.2) is 0 Å². The minimum Gasteiger partial charge on any atom is -0.396 e. The molecule has 16 heavy (non-hydrogen) atoms. The first kappa shape index (κ1) is 10.9. The Kier molecular flexibility index (Phi) is 3.05. The molecule has 0 spiro atoms. The molecular weight excluding hydrogens is 208 g/mol. The van der Waals surface area contributed by atoms with Crippen LogP contribution in [0.1, 0.15) is 16.8 Å². The number of carbonyl (C=O) groups excluding carboxylic acids is 1. The standard InChI is InChI=1S/C11H14N2O3/c14-7-8-3-4-13(6-8)11(16)9-1-2-10(15)12-5-9/h1-2,5,8,14H,3-4,6-7H2,(H,12,15). The quantitative estimate of drug-likeness (QED) is 0.729. The van der Waals surface area contributed by atoms with Gasteiger partial charge in [0.25, 0.3) is 5.91 Å². The van der Waals surface area contributed by atoms with Gasteiger partial charge in [0.15, 0.2) is 0 Å². The highest BCUT2D eigenvalue weighted by atomic mass is 16.3. The zero-order valence-corrected chi connectivity index (χ0v) is 8.85. The van der Waals surface area contributed by atoms with Gasteiger partial charge in [-0.05, 0) is 12.5 Å². The second-order valence-electron chi connectivity index (χ2n) is 4.03. The predicted molar refractivity (Wildman–Crippen MR) is 58.2 cm³/mol. The van der Waals surface area contributed by atoms with E-state index in [9.17, 15) is 9.59 Å². The fourth-order valence-corrected chi connectivity index (χ4v) is 1.89. The maximum Gasteiger partial charge on any atom is 0.255 e. The lowest BCUT2D eigenvalue weighted by Gasteiger charge is -2.15. The third kappa shape index (κ3) is 2.14. The Morgan fingerprint density at radius 2 is 2.38 bits per heavy atom.